The van der Waals surface area contributed by atoms with E-state index in [9.17, 15) is 13.2 Å². The first-order valence-electron chi connectivity index (χ1n) is 5.00. The molecule has 108 valence electrons. The second kappa shape index (κ2) is 6.15. The molecule has 0 bridgehead atoms. The van der Waals surface area contributed by atoms with Gasteiger partial charge in [0.05, 0.1) is 4.47 Å². The Balaban J connectivity index is 2.04. The standard InChI is InChI=1S/C10H5BrClF3N2O2S/c11-6-3-5(1-2-8(6)19-10(13,14)15)18-4-7-9(12)20-17-16-7/h1-3H,4H2. The van der Waals surface area contributed by atoms with Crippen LogP contribution in [0, 0.1) is 0 Å². The van der Waals surface area contributed by atoms with Crippen LogP contribution in [0.3, 0.4) is 0 Å². The minimum atomic E-state index is -4.75. The summed E-state index contributed by atoms with van der Waals surface area (Å²) in [5, 5.41) is 3.75. The van der Waals surface area contributed by atoms with Gasteiger partial charge in [0.15, 0.2) is 0 Å². The molecule has 0 amide bonds. The van der Waals surface area contributed by atoms with Gasteiger partial charge < -0.3 is 9.47 Å². The maximum absolute atomic E-state index is 12.1. The van der Waals surface area contributed by atoms with Gasteiger partial charge in [0.2, 0.25) is 0 Å². The highest BCUT2D eigenvalue weighted by Crippen LogP contribution is 2.33. The third-order valence-electron chi connectivity index (χ3n) is 2.01. The number of aromatic nitrogens is 2. The predicted octanol–water partition coefficient (Wildman–Crippen LogP) is 4.43. The molecule has 0 aliphatic heterocycles. The molecule has 0 aliphatic rings. The van der Waals surface area contributed by atoms with Crippen LogP contribution in [-0.4, -0.2) is 15.9 Å². The van der Waals surface area contributed by atoms with E-state index < -0.39 is 6.36 Å². The van der Waals surface area contributed by atoms with Crippen molar-refractivity contribution in [3.05, 3.63) is 32.7 Å². The van der Waals surface area contributed by atoms with Gasteiger partial charge in [-0.25, -0.2) is 0 Å². The molecular weight excluding hydrogens is 385 g/mol. The fraction of sp³-hybridized carbons (Fsp3) is 0.200. The maximum atomic E-state index is 12.1. The van der Waals surface area contributed by atoms with Crippen LogP contribution in [0.2, 0.25) is 4.34 Å². The summed E-state index contributed by atoms with van der Waals surface area (Å²) in [7, 11) is 0. The molecule has 1 aromatic heterocycles. The van der Waals surface area contributed by atoms with Crippen molar-refractivity contribution in [3.8, 4) is 11.5 Å². The van der Waals surface area contributed by atoms with Gasteiger partial charge in [-0.3, -0.25) is 0 Å². The van der Waals surface area contributed by atoms with E-state index in [0.29, 0.717) is 15.8 Å². The number of halogens is 5. The lowest BCUT2D eigenvalue weighted by Gasteiger charge is -2.11. The third-order valence-corrected chi connectivity index (χ3v) is 3.62. The molecule has 0 aliphatic carbocycles. The van der Waals surface area contributed by atoms with Crippen molar-refractivity contribution in [1.29, 1.82) is 0 Å². The van der Waals surface area contributed by atoms with Crippen molar-refractivity contribution < 1.29 is 22.6 Å². The second-order valence-corrected chi connectivity index (χ2v) is 5.63. The molecule has 10 heteroatoms. The number of nitrogens with zero attached hydrogens (tertiary/aromatic N) is 2. The van der Waals surface area contributed by atoms with E-state index in [1.807, 2.05) is 0 Å². The van der Waals surface area contributed by atoms with Crippen LogP contribution < -0.4 is 9.47 Å². The number of alkyl halides is 3. The highest BCUT2D eigenvalue weighted by atomic mass is 79.9. The highest BCUT2D eigenvalue weighted by molar-refractivity contribution is 9.10. The lowest BCUT2D eigenvalue weighted by Crippen LogP contribution is -2.17. The zero-order valence-electron chi connectivity index (χ0n) is 9.45. The molecule has 0 N–H and O–H groups in total. The molecule has 2 aromatic rings. The van der Waals surface area contributed by atoms with Gasteiger partial charge in [-0.1, -0.05) is 16.1 Å². The van der Waals surface area contributed by atoms with Gasteiger partial charge in [0.1, 0.15) is 28.1 Å². The number of rotatable bonds is 4. The van der Waals surface area contributed by atoms with E-state index in [-0.39, 0.29) is 16.8 Å². The first-order chi connectivity index (χ1) is 9.35. The van der Waals surface area contributed by atoms with Crippen LogP contribution in [-0.2, 0) is 6.61 Å². The second-order valence-electron chi connectivity index (χ2n) is 3.42. The van der Waals surface area contributed by atoms with E-state index in [0.717, 1.165) is 17.6 Å². The summed E-state index contributed by atoms with van der Waals surface area (Å²) in [5.74, 6) is -0.00586. The number of hydrogen-bond acceptors (Lipinski definition) is 5. The Bertz CT molecular complexity index is 608. The first-order valence-corrected chi connectivity index (χ1v) is 6.94. The van der Waals surface area contributed by atoms with Crippen molar-refractivity contribution >= 4 is 39.1 Å². The highest BCUT2D eigenvalue weighted by Gasteiger charge is 2.32. The summed E-state index contributed by atoms with van der Waals surface area (Å²) >= 11 is 9.79. The van der Waals surface area contributed by atoms with Crippen molar-refractivity contribution in [2.45, 2.75) is 13.0 Å². The van der Waals surface area contributed by atoms with Gasteiger partial charge in [-0.05, 0) is 34.1 Å². The van der Waals surface area contributed by atoms with Crippen molar-refractivity contribution in [3.63, 3.8) is 0 Å². The summed E-state index contributed by atoms with van der Waals surface area (Å²) in [6.45, 7) is 0.0707. The smallest absolute Gasteiger partial charge is 0.487 e. The Morgan fingerprint density at radius 1 is 1.35 bits per heavy atom. The quantitative estimate of drug-likeness (QED) is 0.776. The molecule has 1 heterocycles. The summed E-state index contributed by atoms with van der Waals surface area (Å²) < 4.78 is 49.6. The minimum absolute atomic E-state index is 0.0707. The van der Waals surface area contributed by atoms with E-state index in [2.05, 4.69) is 30.3 Å². The zero-order valence-corrected chi connectivity index (χ0v) is 12.6. The van der Waals surface area contributed by atoms with Gasteiger partial charge >= 0.3 is 6.36 Å². The Hall–Kier alpha value is -1.06. The fourth-order valence-electron chi connectivity index (χ4n) is 1.21. The SMILES string of the molecule is FC(F)(F)Oc1ccc(OCc2nnsc2Cl)cc1Br. The molecule has 4 nitrogen and oxygen atoms in total. The predicted molar refractivity (Wildman–Crippen MR) is 70.1 cm³/mol. The van der Waals surface area contributed by atoms with Crippen molar-refractivity contribution in [2.24, 2.45) is 0 Å². The Labute approximate surface area is 128 Å². The average Bonchev–Trinajstić information content (AvgIpc) is 2.74. The summed E-state index contributed by atoms with van der Waals surface area (Å²) in [6.07, 6.45) is -4.75. The molecule has 0 atom stereocenters. The monoisotopic (exact) mass is 388 g/mol. The molecule has 0 saturated heterocycles. The molecule has 2 rings (SSSR count). The molecule has 20 heavy (non-hydrogen) atoms. The van der Waals surface area contributed by atoms with Gasteiger partial charge in [0.25, 0.3) is 0 Å². The minimum Gasteiger partial charge on any atom is -0.487 e. The van der Waals surface area contributed by atoms with Gasteiger partial charge in [-0.15, -0.1) is 18.3 Å². The largest absolute Gasteiger partial charge is 0.573 e. The Kier molecular flexibility index (Phi) is 4.71. The van der Waals surface area contributed by atoms with Gasteiger partial charge in [0, 0.05) is 11.5 Å². The van der Waals surface area contributed by atoms with Crippen LogP contribution in [0.4, 0.5) is 13.2 Å². The number of benzene rings is 1. The van der Waals surface area contributed by atoms with Crippen LogP contribution in [0.5, 0.6) is 11.5 Å². The number of ether oxygens (including phenoxy) is 2. The lowest BCUT2D eigenvalue weighted by molar-refractivity contribution is -0.274. The van der Waals surface area contributed by atoms with Crippen LogP contribution in [0.15, 0.2) is 22.7 Å². The van der Waals surface area contributed by atoms with E-state index in [4.69, 9.17) is 16.3 Å². The lowest BCUT2D eigenvalue weighted by atomic mass is 10.3. The van der Waals surface area contributed by atoms with Crippen molar-refractivity contribution in [2.75, 3.05) is 0 Å². The molecule has 0 radical (unpaired) electrons. The molecular formula is C10H5BrClF3N2O2S. The first kappa shape index (κ1) is 15.3. The van der Waals surface area contributed by atoms with Gasteiger partial charge in [-0.2, -0.15) is 0 Å². The maximum Gasteiger partial charge on any atom is 0.573 e. The van der Waals surface area contributed by atoms with Crippen LogP contribution in [0.1, 0.15) is 5.69 Å². The summed E-state index contributed by atoms with van der Waals surface area (Å²) in [5.41, 5.74) is 0.461. The zero-order chi connectivity index (χ0) is 14.8. The van der Waals surface area contributed by atoms with E-state index in [1.54, 1.807) is 0 Å². The molecule has 1 aromatic carbocycles. The van der Waals surface area contributed by atoms with E-state index >= 15 is 0 Å². The Morgan fingerprint density at radius 3 is 2.65 bits per heavy atom. The molecule has 0 spiro atoms. The summed E-state index contributed by atoms with van der Waals surface area (Å²) in [6, 6.07) is 3.85. The summed E-state index contributed by atoms with van der Waals surface area (Å²) in [4.78, 5) is 0. The topological polar surface area (TPSA) is 44.2 Å². The van der Waals surface area contributed by atoms with Crippen LogP contribution >= 0.6 is 39.1 Å². The molecule has 0 fully saturated rings. The normalized spacial score (nSPS) is 11.4. The third kappa shape index (κ3) is 4.22. The van der Waals surface area contributed by atoms with Crippen LogP contribution in [0.25, 0.3) is 0 Å². The van der Waals surface area contributed by atoms with E-state index in [1.165, 1.54) is 12.1 Å². The molecule has 0 unspecified atom stereocenters. The average molecular weight is 390 g/mol. The Morgan fingerprint density at radius 2 is 2.10 bits per heavy atom. The van der Waals surface area contributed by atoms with Crippen molar-refractivity contribution in [1.82, 2.24) is 9.59 Å². The fourth-order valence-corrected chi connectivity index (χ4v) is 2.25. The number of hydrogen-bond donors (Lipinski definition) is 0. The molecule has 0 saturated carbocycles.